The summed E-state index contributed by atoms with van der Waals surface area (Å²) in [5.41, 5.74) is 1.07. The number of nitrogens with zero attached hydrogens (tertiary/aromatic N) is 3. The van der Waals surface area contributed by atoms with Crippen molar-refractivity contribution in [2.24, 2.45) is 0 Å². The van der Waals surface area contributed by atoms with Gasteiger partial charge >= 0.3 is 0 Å². The van der Waals surface area contributed by atoms with Crippen LogP contribution in [-0.4, -0.2) is 41.7 Å². The maximum Gasteiger partial charge on any atom is 0.230 e. The van der Waals surface area contributed by atoms with Crippen molar-refractivity contribution in [2.75, 3.05) is 26.7 Å². The number of hydrogen-bond acceptors (Lipinski definition) is 5. The Labute approximate surface area is 144 Å². The molecule has 1 aromatic carbocycles. The molecular formula is C16H18Cl2N4O. The summed E-state index contributed by atoms with van der Waals surface area (Å²) < 4.78 is 5.52. The molecular weight excluding hydrogens is 335 g/mol. The van der Waals surface area contributed by atoms with Gasteiger partial charge in [-0.2, -0.15) is 4.98 Å². The Morgan fingerprint density at radius 2 is 2.17 bits per heavy atom. The fourth-order valence-corrected chi connectivity index (χ4v) is 3.69. The highest BCUT2D eigenvalue weighted by molar-refractivity contribution is 6.42. The lowest BCUT2D eigenvalue weighted by Gasteiger charge is -2.30. The zero-order chi connectivity index (χ0) is 16.0. The Kier molecular flexibility index (Phi) is 4.05. The van der Waals surface area contributed by atoms with Crippen LogP contribution in [0.3, 0.4) is 0 Å². The van der Waals surface area contributed by atoms with Gasteiger partial charge in [0.05, 0.1) is 16.1 Å². The third-order valence-corrected chi connectivity index (χ3v) is 5.59. The van der Waals surface area contributed by atoms with Gasteiger partial charge in [0.15, 0.2) is 5.82 Å². The molecule has 23 heavy (non-hydrogen) atoms. The molecule has 7 heteroatoms. The average molecular weight is 353 g/mol. The van der Waals surface area contributed by atoms with Gasteiger partial charge in [0.1, 0.15) is 0 Å². The van der Waals surface area contributed by atoms with Gasteiger partial charge in [-0.1, -0.05) is 40.5 Å². The maximum absolute atomic E-state index is 6.31. The van der Waals surface area contributed by atoms with Crippen LogP contribution in [-0.2, 0) is 0 Å². The summed E-state index contributed by atoms with van der Waals surface area (Å²) in [4.78, 5) is 6.89. The van der Waals surface area contributed by atoms with Crippen LogP contribution in [0.2, 0.25) is 10.0 Å². The molecule has 2 aromatic rings. The van der Waals surface area contributed by atoms with Crippen molar-refractivity contribution in [3.05, 3.63) is 45.5 Å². The van der Waals surface area contributed by atoms with Gasteiger partial charge in [-0.3, -0.25) is 4.90 Å². The quantitative estimate of drug-likeness (QED) is 0.918. The zero-order valence-electron chi connectivity index (χ0n) is 12.8. The van der Waals surface area contributed by atoms with Gasteiger partial charge in [-0.05, 0) is 31.0 Å². The molecule has 0 spiro atoms. The molecule has 1 saturated carbocycles. The summed E-state index contributed by atoms with van der Waals surface area (Å²) in [6.07, 6.45) is 0.973. The van der Waals surface area contributed by atoms with Crippen LogP contribution in [0.25, 0.3) is 0 Å². The second-order valence-electron chi connectivity index (χ2n) is 6.28. The fraction of sp³-hybridized carbons (Fsp3) is 0.500. The third-order valence-electron chi connectivity index (χ3n) is 4.76. The first-order valence-electron chi connectivity index (χ1n) is 7.83. The van der Waals surface area contributed by atoms with Crippen molar-refractivity contribution in [3.63, 3.8) is 0 Å². The molecule has 0 bridgehead atoms. The first-order chi connectivity index (χ1) is 11.1. The molecule has 1 aliphatic carbocycles. The largest absolute Gasteiger partial charge is 0.339 e. The van der Waals surface area contributed by atoms with E-state index < -0.39 is 0 Å². The minimum Gasteiger partial charge on any atom is -0.339 e. The van der Waals surface area contributed by atoms with Crippen LogP contribution < -0.4 is 5.32 Å². The fourth-order valence-electron chi connectivity index (χ4n) is 3.25. The van der Waals surface area contributed by atoms with E-state index in [9.17, 15) is 0 Å². The van der Waals surface area contributed by atoms with Crippen molar-refractivity contribution in [3.8, 4) is 0 Å². The van der Waals surface area contributed by atoms with E-state index in [1.54, 1.807) is 0 Å². The van der Waals surface area contributed by atoms with Crippen molar-refractivity contribution in [1.29, 1.82) is 0 Å². The smallest absolute Gasteiger partial charge is 0.230 e. The Bertz CT molecular complexity index is 720. The van der Waals surface area contributed by atoms with Gasteiger partial charge < -0.3 is 9.84 Å². The lowest BCUT2D eigenvalue weighted by molar-refractivity contribution is 0.190. The highest BCUT2D eigenvalue weighted by atomic mass is 35.5. The van der Waals surface area contributed by atoms with Gasteiger partial charge in [0, 0.05) is 25.6 Å². The molecule has 122 valence electrons. The highest BCUT2D eigenvalue weighted by Crippen LogP contribution is 2.56. The van der Waals surface area contributed by atoms with Gasteiger partial charge in [-0.15, -0.1) is 0 Å². The molecule has 3 unspecified atom stereocenters. The molecule has 5 nitrogen and oxygen atoms in total. The van der Waals surface area contributed by atoms with E-state index in [2.05, 4.69) is 27.4 Å². The molecule has 1 aromatic heterocycles. The topological polar surface area (TPSA) is 54.2 Å². The molecule has 3 atom stereocenters. The Morgan fingerprint density at radius 1 is 1.30 bits per heavy atom. The molecule has 4 rings (SSSR count). The number of rotatable bonds is 3. The molecule has 2 fully saturated rings. The summed E-state index contributed by atoms with van der Waals surface area (Å²) in [7, 11) is 2.09. The molecule has 2 aliphatic rings. The Balaban J connectivity index is 1.51. The molecule has 1 aliphatic heterocycles. The van der Waals surface area contributed by atoms with Crippen molar-refractivity contribution < 1.29 is 4.52 Å². The lowest BCUT2D eigenvalue weighted by Crippen LogP contribution is -2.44. The second kappa shape index (κ2) is 6.06. The number of benzene rings is 1. The van der Waals surface area contributed by atoms with Crippen LogP contribution in [0, 0.1) is 0 Å². The number of halogens is 2. The highest BCUT2D eigenvalue weighted by Gasteiger charge is 2.45. The van der Waals surface area contributed by atoms with Crippen LogP contribution in [0.1, 0.15) is 41.6 Å². The second-order valence-corrected chi connectivity index (χ2v) is 7.07. The van der Waals surface area contributed by atoms with Gasteiger partial charge in [-0.25, -0.2) is 0 Å². The van der Waals surface area contributed by atoms with E-state index in [0.717, 1.165) is 37.4 Å². The number of hydrogen-bond donors (Lipinski definition) is 1. The maximum atomic E-state index is 6.31. The zero-order valence-corrected chi connectivity index (χ0v) is 14.3. The van der Waals surface area contributed by atoms with Crippen LogP contribution in [0.15, 0.2) is 22.7 Å². The SMILES string of the molecule is CN1CCNCC1c1noc(C2CC2c2cccc(Cl)c2Cl)n1. The van der Waals surface area contributed by atoms with Crippen molar-refractivity contribution >= 4 is 23.2 Å². The van der Waals surface area contributed by atoms with E-state index >= 15 is 0 Å². The predicted octanol–water partition coefficient (Wildman–Crippen LogP) is 3.22. The van der Waals surface area contributed by atoms with E-state index in [0.29, 0.717) is 21.9 Å². The van der Waals surface area contributed by atoms with E-state index in [-0.39, 0.29) is 12.0 Å². The van der Waals surface area contributed by atoms with Crippen LogP contribution in [0.5, 0.6) is 0 Å². The van der Waals surface area contributed by atoms with E-state index in [1.807, 2.05) is 18.2 Å². The summed E-state index contributed by atoms with van der Waals surface area (Å²) in [5, 5.41) is 8.79. The normalized spacial score (nSPS) is 28.0. The molecule has 1 N–H and O–H groups in total. The van der Waals surface area contributed by atoms with Gasteiger partial charge in [0.2, 0.25) is 5.89 Å². The molecule has 0 radical (unpaired) electrons. The summed E-state index contributed by atoms with van der Waals surface area (Å²) in [5.74, 6) is 2.03. The van der Waals surface area contributed by atoms with Crippen molar-refractivity contribution in [2.45, 2.75) is 24.3 Å². The van der Waals surface area contributed by atoms with Crippen LogP contribution in [0.4, 0.5) is 0 Å². The average Bonchev–Trinajstić information content (AvgIpc) is 3.19. The summed E-state index contributed by atoms with van der Waals surface area (Å²) in [6.45, 7) is 2.83. The molecule has 2 heterocycles. The monoisotopic (exact) mass is 352 g/mol. The Morgan fingerprint density at radius 3 is 3.00 bits per heavy atom. The standard InChI is InChI=1S/C16H18Cl2N4O/c1-22-6-5-19-8-13(22)15-20-16(23-21-15)11-7-10(11)9-3-2-4-12(17)14(9)18/h2-4,10-11,13,19H,5-8H2,1H3. The first-order valence-corrected chi connectivity index (χ1v) is 8.59. The predicted molar refractivity (Wildman–Crippen MR) is 89.1 cm³/mol. The van der Waals surface area contributed by atoms with Crippen molar-refractivity contribution in [1.82, 2.24) is 20.4 Å². The van der Waals surface area contributed by atoms with Gasteiger partial charge in [0.25, 0.3) is 0 Å². The Hall–Kier alpha value is -1.14. The van der Waals surface area contributed by atoms with E-state index in [4.69, 9.17) is 27.7 Å². The number of piperazine rings is 1. The summed E-state index contributed by atoms with van der Waals surface area (Å²) >= 11 is 12.4. The number of aromatic nitrogens is 2. The first kappa shape index (κ1) is 15.4. The number of likely N-dealkylation sites (N-methyl/N-ethyl adjacent to an activating group) is 1. The van der Waals surface area contributed by atoms with E-state index in [1.165, 1.54) is 0 Å². The minimum absolute atomic E-state index is 0.174. The molecule has 1 saturated heterocycles. The number of nitrogens with one attached hydrogen (secondary N) is 1. The minimum atomic E-state index is 0.174. The lowest BCUT2D eigenvalue weighted by atomic mass is 10.1. The van der Waals surface area contributed by atoms with Crippen LogP contribution >= 0.6 is 23.2 Å². The molecule has 0 amide bonds. The summed E-state index contributed by atoms with van der Waals surface area (Å²) in [6, 6.07) is 5.94. The third kappa shape index (κ3) is 2.87.